The van der Waals surface area contributed by atoms with E-state index in [-0.39, 0.29) is 15.6 Å². The molecule has 4 nitrogen and oxygen atoms in total. The van der Waals surface area contributed by atoms with Gasteiger partial charge in [-0.2, -0.15) is 0 Å². The van der Waals surface area contributed by atoms with Gasteiger partial charge < -0.3 is 10.2 Å². The summed E-state index contributed by atoms with van der Waals surface area (Å²) in [5.41, 5.74) is 0.618. The predicted octanol–water partition coefficient (Wildman–Crippen LogP) is 3.17. The van der Waals surface area contributed by atoms with Gasteiger partial charge >= 0.3 is 11.9 Å². The van der Waals surface area contributed by atoms with Gasteiger partial charge in [-0.3, -0.25) is 0 Å². The van der Waals surface area contributed by atoms with Crippen LogP contribution >= 0.6 is 31.9 Å². The van der Waals surface area contributed by atoms with Crippen LogP contribution in [0.5, 0.6) is 0 Å². The standard InChI is InChI=1S/C10H8Br2O4/c1-2-4-7(10(15)16)6(11)3-5(8(4)12)9(13)14/h3H,2H2,1H3,(H,13,14)(H,15,16). The zero-order valence-electron chi connectivity index (χ0n) is 8.25. The molecule has 0 aliphatic rings. The molecule has 0 aromatic heterocycles. The van der Waals surface area contributed by atoms with Crippen LogP contribution in [-0.4, -0.2) is 22.2 Å². The Balaban J connectivity index is 3.63. The molecule has 0 saturated heterocycles. The van der Waals surface area contributed by atoms with E-state index >= 15 is 0 Å². The molecule has 0 aliphatic heterocycles. The van der Waals surface area contributed by atoms with Crippen molar-refractivity contribution in [2.45, 2.75) is 13.3 Å². The highest BCUT2D eigenvalue weighted by atomic mass is 79.9. The lowest BCUT2D eigenvalue weighted by molar-refractivity contribution is 0.0678. The number of benzene rings is 1. The molecule has 0 atom stereocenters. The summed E-state index contributed by atoms with van der Waals surface area (Å²) in [7, 11) is 0. The van der Waals surface area contributed by atoms with Crippen LogP contribution in [0.1, 0.15) is 33.2 Å². The second kappa shape index (κ2) is 4.97. The molecule has 0 radical (unpaired) electrons. The molecule has 2 N–H and O–H groups in total. The van der Waals surface area contributed by atoms with Gasteiger partial charge in [0.1, 0.15) is 0 Å². The number of hydrogen-bond acceptors (Lipinski definition) is 2. The zero-order valence-corrected chi connectivity index (χ0v) is 11.4. The third kappa shape index (κ3) is 2.27. The van der Waals surface area contributed by atoms with Crippen molar-refractivity contribution in [2.24, 2.45) is 0 Å². The summed E-state index contributed by atoms with van der Waals surface area (Å²) in [6.07, 6.45) is 0.432. The van der Waals surface area contributed by atoms with E-state index in [9.17, 15) is 9.59 Å². The lowest BCUT2D eigenvalue weighted by Gasteiger charge is -2.11. The van der Waals surface area contributed by atoms with Crippen molar-refractivity contribution < 1.29 is 19.8 Å². The van der Waals surface area contributed by atoms with Gasteiger partial charge in [0.05, 0.1) is 11.1 Å². The van der Waals surface area contributed by atoms with Crippen LogP contribution in [-0.2, 0) is 6.42 Å². The van der Waals surface area contributed by atoms with Crippen molar-refractivity contribution in [1.29, 1.82) is 0 Å². The van der Waals surface area contributed by atoms with Crippen LogP contribution in [0.4, 0.5) is 0 Å². The Hall–Kier alpha value is -0.880. The van der Waals surface area contributed by atoms with Gasteiger partial charge in [-0.15, -0.1) is 0 Å². The van der Waals surface area contributed by atoms with E-state index in [1.807, 2.05) is 0 Å². The molecular formula is C10H8Br2O4. The van der Waals surface area contributed by atoms with Gasteiger partial charge in [-0.05, 0) is 49.9 Å². The average Bonchev–Trinajstić information content (AvgIpc) is 2.19. The molecule has 1 aromatic rings. The van der Waals surface area contributed by atoms with E-state index in [1.54, 1.807) is 6.92 Å². The Morgan fingerprint density at radius 3 is 2.19 bits per heavy atom. The number of carboxylic acid groups (broad SMARTS) is 2. The molecule has 16 heavy (non-hydrogen) atoms. The van der Waals surface area contributed by atoms with Crippen LogP contribution in [0, 0.1) is 0 Å². The fourth-order valence-electron chi connectivity index (χ4n) is 1.40. The van der Waals surface area contributed by atoms with Crippen molar-refractivity contribution in [1.82, 2.24) is 0 Å². The fourth-order valence-corrected chi connectivity index (χ4v) is 2.80. The molecule has 86 valence electrons. The first-order valence-electron chi connectivity index (χ1n) is 4.37. The molecule has 0 saturated carbocycles. The Morgan fingerprint density at radius 1 is 1.25 bits per heavy atom. The fraction of sp³-hybridized carbons (Fsp3) is 0.200. The second-order valence-electron chi connectivity index (χ2n) is 3.04. The SMILES string of the molecule is CCc1c(Br)c(C(=O)O)cc(Br)c1C(=O)O. The summed E-state index contributed by atoms with van der Waals surface area (Å²) in [6, 6.07) is 1.29. The summed E-state index contributed by atoms with van der Waals surface area (Å²) in [5.74, 6) is -2.18. The number of halogens is 2. The van der Waals surface area contributed by atoms with Crippen molar-refractivity contribution >= 4 is 43.8 Å². The molecule has 0 bridgehead atoms. The van der Waals surface area contributed by atoms with Crippen LogP contribution in [0.3, 0.4) is 0 Å². The molecule has 6 heteroatoms. The molecule has 0 amide bonds. The highest BCUT2D eigenvalue weighted by Crippen LogP contribution is 2.32. The average molecular weight is 352 g/mol. The lowest BCUT2D eigenvalue weighted by Crippen LogP contribution is -2.08. The van der Waals surface area contributed by atoms with Crippen molar-refractivity contribution in [3.63, 3.8) is 0 Å². The number of aromatic carboxylic acids is 2. The Morgan fingerprint density at radius 2 is 1.81 bits per heavy atom. The zero-order chi connectivity index (χ0) is 12.5. The van der Waals surface area contributed by atoms with Crippen LogP contribution < -0.4 is 0 Å². The van der Waals surface area contributed by atoms with Crippen LogP contribution in [0.2, 0.25) is 0 Å². The minimum absolute atomic E-state index is 0.0497. The smallest absolute Gasteiger partial charge is 0.337 e. The van der Waals surface area contributed by atoms with E-state index in [0.29, 0.717) is 16.5 Å². The first-order chi connectivity index (χ1) is 7.40. The normalized spacial score (nSPS) is 10.2. The summed E-state index contributed by atoms with van der Waals surface area (Å²) in [5, 5.41) is 18.0. The molecule has 0 heterocycles. The third-order valence-corrected chi connectivity index (χ3v) is 3.64. The van der Waals surface area contributed by atoms with Gasteiger partial charge in [0, 0.05) is 8.95 Å². The first kappa shape index (κ1) is 13.2. The molecule has 1 rings (SSSR count). The number of rotatable bonds is 3. The molecule has 0 fully saturated rings. The topological polar surface area (TPSA) is 74.6 Å². The molecule has 0 aliphatic carbocycles. The van der Waals surface area contributed by atoms with Gasteiger partial charge in [0.2, 0.25) is 0 Å². The van der Waals surface area contributed by atoms with Crippen molar-refractivity contribution in [3.05, 3.63) is 31.7 Å². The highest BCUT2D eigenvalue weighted by molar-refractivity contribution is 9.11. The summed E-state index contributed by atoms with van der Waals surface area (Å²) in [4.78, 5) is 22.0. The summed E-state index contributed by atoms with van der Waals surface area (Å²) in [6.45, 7) is 1.77. The maximum absolute atomic E-state index is 11.0. The number of carboxylic acids is 2. The van der Waals surface area contributed by atoms with E-state index in [4.69, 9.17) is 10.2 Å². The molecule has 0 unspecified atom stereocenters. The quantitative estimate of drug-likeness (QED) is 0.877. The first-order valence-corrected chi connectivity index (χ1v) is 5.96. The molecule has 0 spiro atoms. The van der Waals surface area contributed by atoms with E-state index in [2.05, 4.69) is 31.9 Å². The molecular weight excluding hydrogens is 344 g/mol. The molecule has 1 aromatic carbocycles. The largest absolute Gasteiger partial charge is 0.478 e. The third-order valence-electron chi connectivity index (χ3n) is 2.11. The highest BCUT2D eigenvalue weighted by Gasteiger charge is 2.21. The minimum Gasteiger partial charge on any atom is -0.478 e. The van der Waals surface area contributed by atoms with Crippen molar-refractivity contribution in [3.8, 4) is 0 Å². The van der Waals surface area contributed by atoms with Crippen molar-refractivity contribution in [2.75, 3.05) is 0 Å². The van der Waals surface area contributed by atoms with Crippen LogP contribution in [0.25, 0.3) is 0 Å². The second-order valence-corrected chi connectivity index (χ2v) is 4.68. The Bertz CT molecular complexity index is 468. The van der Waals surface area contributed by atoms with Gasteiger partial charge in [-0.1, -0.05) is 6.92 Å². The summed E-state index contributed by atoms with van der Waals surface area (Å²) >= 11 is 6.21. The maximum atomic E-state index is 11.0. The van der Waals surface area contributed by atoms with E-state index in [1.165, 1.54) is 6.07 Å². The minimum atomic E-state index is -1.10. The van der Waals surface area contributed by atoms with E-state index in [0.717, 1.165) is 0 Å². The predicted molar refractivity (Wildman–Crippen MR) is 65.1 cm³/mol. The number of hydrogen-bond donors (Lipinski definition) is 2. The lowest BCUT2D eigenvalue weighted by atomic mass is 10.0. The number of carbonyl (C=O) groups is 2. The summed E-state index contributed by atoms with van der Waals surface area (Å²) < 4.78 is 0.598. The van der Waals surface area contributed by atoms with Gasteiger partial charge in [0.25, 0.3) is 0 Å². The maximum Gasteiger partial charge on any atom is 0.337 e. The van der Waals surface area contributed by atoms with Gasteiger partial charge in [-0.25, -0.2) is 9.59 Å². The Kier molecular flexibility index (Phi) is 4.09. The van der Waals surface area contributed by atoms with E-state index < -0.39 is 11.9 Å². The Labute approximate surface area is 109 Å². The monoisotopic (exact) mass is 350 g/mol. The van der Waals surface area contributed by atoms with Gasteiger partial charge in [0.15, 0.2) is 0 Å². The van der Waals surface area contributed by atoms with Crippen LogP contribution in [0.15, 0.2) is 15.0 Å².